The van der Waals surface area contributed by atoms with Crippen LogP contribution in [-0.2, 0) is 4.79 Å². The van der Waals surface area contributed by atoms with E-state index < -0.39 is 0 Å². The molecule has 0 atom stereocenters. The number of nitrogens with one attached hydrogen (secondary N) is 1. The predicted molar refractivity (Wildman–Crippen MR) is 113 cm³/mol. The number of amides is 2. The lowest BCUT2D eigenvalue weighted by Gasteiger charge is -2.33. The van der Waals surface area contributed by atoms with Crippen molar-refractivity contribution in [3.05, 3.63) is 54.3 Å². The Bertz CT molecular complexity index is 1220. The van der Waals surface area contributed by atoms with Crippen molar-refractivity contribution in [2.75, 3.05) is 36.4 Å². The molecule has 8 heteroatoms. The topological polar surface area (TPSA) is 91.8 Å². The molecule has 4 aromatic rings. The monoisotopic (exact) mass is 404 g/mol. The zero-order valence-corrected chi connectivity index (χ0v) is 16.4. The number of aromatic nitrogens is 1. The van der Waals surface area contributed by atoms with Crippen LogP contribution in [0.15, 0.2) is 57.4 Å². The third-order valence-electron chi connectivity index (χ3n) is 5.17. The van der Waals surface area contributed by atoms with Gasteiger partial charge in [0.05, 0.1) is 0 Å². The van der Waals surface area contributed by atoms with Gasteiger partial charge >= 0.3 is 0 Å². The third kappa shape index (κ3) is 3.36. The number of nitrogens with zero attached hydrogens (tertiary/aromatic N) is 3. The number of benzene rings is 2. The first kappa shape index (κ1) is 18.2. The van der Waals surface area contributed by atoms with Crippen LogP contribution < -0.4 is 10.2 Å². The summed E-state index contributed by atoms with van der Waals surface area (Å²) in [4.78, 5) is 32.5. The standard InChI is InChI=1S/C22H20N4O4/c1-14(27)23-16-6-7-18-15(12-16)13-20(29-18)21(28)25-8-10-26(11-9-25)22-24-17-4-2-3-5-19(17)30-22/h2-7,12-13H,8-11H2,1H3,(H,23,27). The summed E-state index contributed by atoms with van der Waals surface area (Å²) >= 11 is 0. The summed E-state index contributed by atoms with van der Waals surface area (Å²) < 4.78 is 11.6. The molecule has 1 aliphatic heterocycles. The van der Waals surface area contributed by atoms with Gasteiger partial charge in [-0.1, -0.05) is 12.1 Å². The van der Waals surface area contributed by atoms with Gasteiger partial charge in [0.1, 0.15) is 11.1 Å². The molecule has 5 rings (SSSR count). The number of carbonyl (C=O) groups is 2. The maximum absolute atomic E-state index is 12.9. The number of hydrogen-bond donors (Lipinski definition) is 1. The van der Waals surface area contributed by atoms with E-state index in [-0.39, 0.29) is 11.8 Å². The average molecular weight is 404 g/mol. The van der Waals surface area contributed by atoms with Crippen LogP contribution in [0, 0.1) is 0 Å². The van der Waals surface area contributed by atoms with Crippen LogP contribution in [0.4, 0.5) is 11.7 Å². The molecule has 1 fully saturated rings. The maximum atomic E-state index is 12.9. The second kappa shape index (κ2) is 7.22. The first-order chi connectivity index (χ1) is 14.6. The predicted octanol–water partition coefficient (Wildman–Crippen LogP) is 3.49. The van der Waals surface area contributed by atoms with Gasteiger partial charge in [-0.3, -0.25) is 9.59 Å². The molecule has 3 heterocycles. The van der Waals surface area contributed by atoms with Gasteiger partial charge in [0.25, 0.3) is 11.9 Å². The van der Waals surface area contributed by atoms with E-state index >= 15 is 0 Å². The minimum atomic E-state index is -0.149. The van der Waals surface area contributed by atoms with Crippen LogP contribution in [0.2, 0.25) is 0 Å². The number of carbonyl (C=O) groups excluding carboxylic acids is 2. The van der Waals surface area contributed by atoms with Gasteiger partial charge in [-0.25, -0.2) is 0 Å². The Hall–Kier alpha value is -3.81. The highest BCUT2D eigenvalue weighted by molar-refractivity contribution is 5.98. The maximum Gasteiger partial charge on any atom is 0.298 e. The van der Waals surface area contributed by atoms with E-state index in [4.69, 9.17) is 8.83 Å². The fourth-order valence-corrected chi connectivity index (χ4v) is 3.68. The van der Waals surface area contributed by atoms with Crippen LogP contribution in [0.3, 0.4) is 0 Å². The largest absolute Gasteiger partial charge is 0.451 e. The van der Waals surface area contributed by atoms with Crippen LogP contribution in [0.25, 0.3) is 22.1 Å². The quantitative estimate of drug-likeness (QED) is 0.562. The molecule has 1 aliphatic rings. The van der Waals surface area contributed by atoms with Crippen LogP contribution in [0.5, 0.6) is 0 Å². The van der Waals surface area contributed by atoms with Crippen molar-refractivity contribution in [1.29, 1.82) is 0 Å². The normalized spacial score (nSPS) is 14.4. The molecule has 30 heavy (non-hydrogen) atoms. The summed E-state index contributed by atoms with van der Waals surface area (Å²) in [7, 11) is 0. The lowest BCUT2D eigenvalue weighted by molar-refractivity contribution is -0.114. The van der Waals surface area contributed by atoms with Crippen molar-refractivity contribution in [3.63, 3.8) is 0 Å². The number of hydrogen-bond acceptors (Lipinski definition) is 6. The zero-order chi connectivity index (χ0) is 20.7. The van der Waals surface area contributed by atoms with Gasteiger partial charge in [-0.15, -0.1) is 0 Å². The Balaban J connectivity index is 1.28. The molecule has 0 saturated carbocycles. The SMILES string of the molecule is CC(=O)Nc1ccc2oc(C(=O)N3CCN(c4nc5ccccc5o4)CC3)cc2c1. The van der Waals surface area contributed by atoms with Crippen LogP contribution >= 0.6 is 0 Å². The number of furan rings is 1. The average Bonchev–Trinajstić information content (AvgIpc) is 3.36. The van der Waals surface area contributed by atoms with E-state index in [0.29, 0.717) is 49.2 Å². The molecular formula is C22H20N4O4. The molecule has 2 aromatic carbocycles. The van der Waals surface area contributed by atoms with Crippen LogP contribution in [0.1, 0.15) is 17.5 Å². The molecule has 1 saturated heterocycles. The fraction of sp³-hybridized carbons (Fsp3) is 0.227. The Morgan fingerprint density at radius 3 is 2.53 bits per heavy atom. The first-order valence-corrected chi connectivity index (χ1v) is 9.78. The molecule has 0 radical (unpaired) electrons. The molecule has 0 spiro atoms. The van der Waals surface area contributed by atoms with Gasteiger partial charge in [0.15, 0.2) is 11.3 Å². The summed E-state index contributed by atoms with van der Waals surface area (Å²) in [6.07, 6.45) is 0. The smallest absolute Gasteiger partial charge is 0.298 e. The van der Waals surface area contributed by atoms with Crippen molar-refractivity contribution in [3.8, 4) is 0 Å². The van der Waals surface area contributed by atoms with Crippen molar-refractivity contribution < 1.29 is 18.4 Å². The number of oxazole rings is 1. The minimum absolute atomic E-state index is 0.147. The summed E-state index contributed by atoms with van der Waals surface area (Å²) in [6, 6.07) is 15.3. The lowest BCUT2D eigenvalue weighted by Crippen LogP contribution is -2.48. The third-order valence-corrected chi connectivity index (χ3v) is 5.17. The number of rotatable bonds is 3. The van der Waals surface area contributed by atoms with E-state index in [0.717, 1.165) is 16.5 Å². The highest BCUT2D eigenvalue weighted by Crippen LogP contribution is 2.26. The molecule has 0 bridgehead atoms. The summed E-state index contributed by atoms with van der Waals surface area (Å²) in [5.74, 6) is -0.00395. The van der Waals surface area contributed by atoms with Crippen molar-refractivity contribution in [2.24, 2.45) is 0 Å². The Morgan fingerprint density at radius 2 is 1.77 bits per heavy atom. The minimum Gasteiger partial charge on any atom is -0.451 e. The molecular weight excluding hydrogens is 384 g/mol. The highest BCUT2D eigenvalue weighted by Gasteiger charge is 2.26. The molecule has 1 N–H and O–H groups in total. The van der Waals surface area contributed by atoms with E-state index in [1.54, 1.807) is 29.2 Å². The summed E-state index contributed by atoms with van der Waals surface area (Å²) in [5.41, 5.74) is 2.86. The van der Waals surface area contributed by atoms with Gasteiger partial charge in [0, 0.05) is 44.2 Å². The van der Waals surface area contributed by atoms with E-state index in [1.807, 2.05) is 29.2 Å². The first-order valence-electron chi connectivity index (χ1n) is 9.78. The van der Waals surface area contributed by atoms with Gasteiger partial charge < -0.3 is 24.0 Å². The molecule has 8 nitrogen and oxygen atoms in total. The van der Waals surface area contributed by atoms with Crippen LogP contribution in [-0.4, -0.2) is 47.9 Å². The Kier molecular flexibility index (Phi) is 4.39. The van der Waals surface area contributed by atoms with Crippen molar-refractivity contribution >= 4 is 45.6 Å². The molecule has 152 valence electrons. The van der Waals surface area contributed by atoms with E-state index in [9.17, 15) is 9.59 Å². The fourth-order valence-electron chi connectivity index (χ4n) is 3.68. The Morgan fingerprint density at radius 1 is 0.967 bits per heavy atom. The molecule has 0 unspecified atom stereocenters. The Labute approximate surface area is 172 Å². The number of piperazine rings is 1. The second-order valence-corrected chi connectivity index (χ2v) is 7.29. The van der Waals surface area contributed by atoms with Gasteiger partial charge in [-0.2, -0.15) is 4.98 Å². The highest BCUT2D eigenvalue weighted by atomic mass is 16.4. The van der Waals surface area contributed by atoms with Crippen molar-refractivity contribution in [2.45, 2.75) is 6.92 Å². The van der Waals surface area contributed by atoms with Gasteiger partial charge in [-0.05, 0) is 36.4 Å². The van der Waals surface area contributed by atoms with Gasteiger partial charge in [0.2, 0.25) is 5.91 Å². The van der Waals surface area contributed by atoms with Crippen molar-refractivity contribution in [1.82, 2.24) is 9.88 Å². The number of fused-ring (bicyclic) bond motifs is 2. The number of para-hydroxylation sites is 2. The summed E-state index contributed by atoms with van der Waals surface area (Å²) in [6.45, 7) is 3.81. The summed E-state index contributed by atoms with van der Waals surface area (Å²) in [5, 5.41) is 3.51. The molecule has 2 amide bonds. The second-order valence-electron chi connectivity index (χ2n) is 7.29. The number of anilines is 2. The molecule has 2 aromatic heterocycles. The van der Waals surface area contributed by atoms with E-state index in [2.05, 4.69) is 10.3 Å². The lowest BCUT2D eigenvalue weighted by atomic mass is 10.2. The van der Waals surface area contributed by atoms with E-state index in [1.165, 1.54) is 6.92 Å². The molecule has 0 aliphatic carbocycles. The zero-order valence-electron chi connectivity index (χ0n) is 16.4.